The summed E-state index contributed by atoms with van der Waals surface area (Å²) in [4.78, 5) is 12.6. The van der Waals surface area contributed by atoms with E-state index in [0.29, 0.717) is 19.2 Å². The fraction of sp³-hybridized carbons (Fsp3) is 0.350. The minimum absolute atomic E-state index is 0.0168. The van der Waals surface area contributed by atoms with Crippen LogP contribution >= 0.6 is 23.2 Å². The molecule has 34 heavy (non-hydrogen) atoms. The van der Waals surface area contributed by atoms with E-state index >= 15 is 0 Å². The van der Waals surface area contributed by atoms with Gasteiger partial charge in [-0.05, 0) is 49.2 Å². The van der Waals surface area contributed by atoms with E-state index in [4.69, 9.17) is 23.2 Å². The van der Waals surface area contributed by atoms with E-state index in [0.717, 1.165) is 37.1 Å². The molecule has 0 aromatic heterocycles. The number of benzene rings is 2. The molecule has 1 fully saturated rings. The summed E-state index contributed by atoms with van der Waals surface area (Å²) in [6.07, 6.45) is -3.54. The van der Waals surface area contributed by atoms with Gasteiger partial charge < -0.3 is 4.90 Å². The van der Waals surface area contributed by atoms with Gasteiger partial charge in [0.2, 0.25) is 5.91 Å². The number of carbonyl (C=O) groups is 1. The Labute approximate surface area is 204 Å². The number of hydrogen-bond acceptors (Lipinski definition) is 5. The molecule has 0 atom stereocenters. The first-order valence-electron chi connectivity index (χ1n) is 9.90. The molecule has 14 heteroatoms. The number of sulfone groups is 1. The minimum atomic E-state index is -4.91. The van der Waals surface area contributed by atoms with Crippen LogP contribution in [0.15, 0.2) is 46.2 Å². The number of halogens is 5. The molecular weight excluding hydrogens is 540 g/mol. The van der Waals surface area contributed by atoms with Crippen LogP contribution in [0.2, 0.25) is 10.0 Å². The topological polar surface area (TPSA) is 101 Å². The van der Waals surface area contributed by atoms with Gasteiger partial charge in [0.05, 0.1) is 31.8 Å². The van der Waals surface area contributed by atoms with Gasteiger partial charge in [0.1, 0.15) is 0 Å². The molecule has 1 aliphatic rings. The highest BCUT2D eigenvalue weighted by Gasteiger charge is 2.35. The van der Waals surface area contributed by atoms with Gasteiger partial charge in [0.15, 0.2) is 9.84 Å². The molecular formula is C20H19Cl2F3N2O5S2. The molecule has 1 amide bonds. The van der Waals surface area contributed by atoms with Gasteiger partial charge in [-0.1, -0.05) is 23.2 Å². The second kappa shape index (κ2) is 9.92. The quantitative estimate of drug-likeness (QED) is 0.535. The lowest BCUT2D eigenvalue weighted by molar-refractivity contribution is -0.137. The zero-order valence-electron chi connectivity index (χ0n) is 17.4. The molecule has 2 aromatic rings. The van der Waals surface area contributed by atoms with Crippen LogP contribution in [-0.2, 0) is 30.8 Å². The molecule has 3 rings (SSSR count). The van der Waals surface area contributed by atoms with Crippen LogP contribution in [0, 0.1) is 0 Å². The molecule has 7 nitrogen and oxygen atoms in total. The monoisotopic (exact) mass is 558 g/mol. The van der Waals surface area contributed by atoms with Crippen molar-refractivity contribution < 1.29 is 34.8 Å². The van der Waals surface area contributed by atoms with Crippen molar-refractivity contribution in [2.75, 3.05) is 23.6 Å². The maximum atomic E-state index is 13.2. The Morgan fingerprint density at radius 2 is 1.65 bits per heavy atom. The predicted molar refractivity (Wildman–Crippen MR) is 121 cm³/mol. The van der Waals surface area contributed by atoms with Crippen molar-refractivity contribution in [3.8, 4) is 0 Å². The predicted octanol–water partition coefficient (Wildman–Crippen LogP) is 4.60. The molecule has 1 saturated heterocycles. The molecule has 0 unspecified atom stereocenters. The van der Waals surface area contributed by atoms with E-state index in [1.54, 1.807) is 4.90 Å². The van der Waals surface area contributed by atoms with Gasteiger partial charge >= 0.3 is 6.18 Å². The Balaban J connectivity index is 1.91. The van der Waals surface area contributed by atoms with Crippen molar-refractivity contribution in [3.63, 3.8) is 0 Å². The van der Waals surface area contributed by atoms with Gasteiger partial charge in [-0.25, -0.2) is 16.8 Å². The lowest BCUT2D eigenvalue weighted by Crippen LogP contribution is -2.29. The average molecular weight is 559 g/mol. The summed E-state index contributed by atoms with van der Waals surface area (Å²) in [6.45, 7) is 1.10. The van der Waals surface area contributed by atoms with Crippen molar-refractivity contribution in [3.05, 3.63) is 52.0 Å². The molecule has 0 radical (unpaired) electrons. The lowest BCUT2D eigenvalue weighted by Gasteiger charge is -2.17. The first kappa shape index (κ1) is 26.6. The van der Waals surface area contributed by atoms with Gasteiger partial charge in [0.25, 0.3) is 10.0 Å². The van der Waals surface area contributed by atoms with Gasteiger partial charge in [-0.3, -0.25) is 9.52 Å². The second-order valence-electron chi connectivity index (χ2n) is 7.54. The SMILES string of the molecule is O=C(CCS(=O)(=O)c1ccc(Cl)cc1NS(=O)(=O)c1ccc(Cl)c(C(F)(F)F)c1)N1CCCC1. The summed E-state index contributed by atoms with van der Waals surface area (Å²) < 4.78 is 92.9. The van der Waals surface area contributed by atoms with Crippen LogP contribution in [0.4, 0.5) is 18.9 Å². The molecule has 0 spiro atoms. The van der Waals surface area contributed by atoms with Crippen molar-refractivity contribution >= 4 is 54.7 Å². The van der Waals surface area contributed by atoms with Gasteiger partial charge in [-0.2, -0.15) is 13.2 Å². The average Bonchev–Trinajstić information content (AvgIpc) is 3.26. The van der Waals surface area contributed by atoms with Gasteiger partial charge in [-0.15, -0.1) is 0 Å². The van der Waals surface area contributed by atoms with Crippen LogP contribution in [-0.4, -0.2) is 46.5 Å². The molecule has 1 N–H and O–H groups in total. The molecule has 0 aliphatic carbocycles. The molecule has 0 bridgehead atoms. The number of amides is 1. The molecule has 0 saturated carbocycles. The number of rotatable bonds is 7. The number of nitrogens with one attached hydrogen (secondary N) is 1. The van der Waals surface area contributed by atoms with E-state index in [-0.39, 0.29) is 17.4 Å². The summed E-state index contributed by atoms with van der Waals surface area (Å²) in [5, 5.41) is -0.711. The van der Waals surface area contributed by atoms with E-state index in [1.165, 1.54) is 6.07 Å². The van der Waals surface area contributed by atoms with E-state index in [1.807, 2.05) is 4.72 Å². The Bertz CT molecular complexity index is 1310. The lowest BCUT2D eigenvalue weighted by atomic mass is 10.2. The maximum Gasteiger partial charge on any atom is 0.417 e. The fourth-order valence-corrected chi connectivity index (χ4v) is 6.34. The number of alkyl halides is 3. The number of likely N-dealkylation sites (tertiary alicyclic amines) is 1. The smallest absolute Gasteiger partial charge is 0.343 e. The summed E-state index contributed by atoms with van der Waals surface area (Å²) in [7, 11) is -8.82. The Morgan fingerprint density at radius 3 is 2.26 bits per heavy atom. The second-order valence-corrected chi connectivity index (χ2v) is 12.1. The summed E-state index contributed by atoms with van der Waals surface area (Å²) in [5.41, 5.74) is -1.82. The third-order valence-corrected chi connectivity index (χ3v) is 8.81. The standard InChI is InChI=1S/C20H19Cl2F3N2O5S2/c21-13-3-6-18(33(29,30)10-7-19(28)27-8-1-2-9-27)17(11-13)26-34(31,32)14-4-5-16(22)15(12-14)20(23,24)25/h3-6,11-12,26H,1-2,7-10H2. The zero-order valence-corrected chi connectivity index (χ0v) is 20.5. The first-order valence-corrected chi connectivity index (χ1v) is 13.8. The van der Waals surface area contributed by atoms with Crippen molar-refractivity contribution in [1.29, 1.82) is 0 Å². The van der Waals surface area contributed by atoms with E-state index < -0.39 is 57.9 Å². The highest BCUT2D eigenvalue weighted by atomic mass is 35.5. The summed E-state index contributed by atoms with van der Waals surface area (Å²) in [5.74, 6) is -0.921. The maximum absolute atomic E-state index is 13.2. The van der Waals surface area contributed by atoms with E-state index in [9.17, 15) is 34.8 Å². The summed E-state index contributed by atoms with van der Waals surface area (Å²) >= 11 is 11.4. The Hall–Kier alpha value is -2.02. The van der Waals surface area contributed by atoms with Crippen LogP contribution in [0.1, 0.15) is 24.8 Å². The first-order chi connectivity index (χ1) is 15.7. The van der Waals surface area contributed by atoms with Crippen molar-refractivity contribution in [2.24, 2.45) is 0 Å². The Morgan fingerprint density at radius 1 is 1.00 bits per heavy atom. The highest BCUT2D eigenvalue weighted by Crippen LogP contribution is 2.36. The van der Waals surface area contributed by atoms with Gasteiger partial charge in [0, 0.05) is 24.5 Å². The molecule has 1 aliphatic heterocycles. The highest BCUT2D eigenvalue weighted by molar-refractivity contribution is 7.93. The van der Waals surface area contributed by atoms with Crippen LogP contribution in [0.25, 0.3) is 0 Å². The van der Waals surface area contributed by atoms with Crippen molar-refractivity contribution in [2.45, 2.75) is 35.2 Å². The zero-order chi connectivity index (χ0) is 25.3. The number of hydrogen-bond donors (Lipinski definition) is 1. The van der Waals surface area contributed by atoms with Crippen LogP contribution in [0.5, 0.6) is 0 Å². The third kappa shape index (κ3) is 6.15. The number of carbonyl (C=O) groups excluding carboxylic acids is 1. The Kier molecular flexibility index (Phi) is 7.76. The van der Waals surface area contributed by atoms with Crippen molar-refractivity contribution in [1.82, 2.24) is 4.90 Å². The third-order valence-electron chi connectivity index (χ3n) is 5.12. The van der Waals surface area contributed by atoms with E-state index in [2.05, 4.69) is 0 Å². The minimum Gasteiger partial charge on any atom is -0.343 e. The number of sulfonamides is 1. The number of nitrogens with zero attached hydrogens (tertiary/aromatic N) is 1. The molecule has 1 heterocycles. The number of anilines is 1. The molecule has 2 aromatic carbocycles. The largest absolute Gasteiger partial charge is 0.417 e. The normalized spacial score (nSPS) is 14.9. The van der Waals surface area contributed by atoms with Crippen LogP contribution < -0.4 is 4.72 Å². The summed E-state index contributed by atoms with van der Waals surface area (Å²) in [6, 6.07) is 5.29. The molecule has 186 valence electrons. The fourth-order valence-electron chi connectivity index (χ4n) is 3.40. The van der Waals surface area contributed by atoms with Crippen LogP contribution in [0.3, 0.4) is 0 Å².